The molecule has 0 bridgehead atoms. The van der Waals surface area contributed by atoms with Crippen molar-refractivity contribution >= 4 is 5.78 Å². The standard InChI is InChI=1S/C16H24N2O4/c1-17-5-7-18(8-6-17)11-13(19)16-14(21-3)9-12(20-2)10-15(16)22-4/h9-10H,5-8,11H2,1-4H3. The first-order valence-corrected chi connectivity index (χ1v) is 7.33. The normalized spacial score (nSPS) is 16.4. The second-order valence-corrected chi connectivity index (χ2v) is 5.41. The molecule has 0 unspecified atom stereocenters. The van der Waals surface area contributed by atoms with Crippen LogP contribution < -0.4 is 14.2 Å². The predicted octanol–water partition coefficient (Wildman–Crippen LogP) is 1.14. The van der Waals surface area contributed by atoms with Gasteiger partial charge in [-0.1, -0.05) is 0 Å². The van der Waals surface area contributed by atoms with E-state index >= 15 is 0 Å². The van der Waals surface area contributed by atoms with Crippen molar-refractivity contribution < 1.29 is 19.0 Å². The fourth-order valence-electron chi connectivity index (χ4n) is 2.57. The van der Waals surface area contributed by atoms with Crippen molar-refractivity contribution in [2.45, 2.75) is 0 Å². The molecule has 22 heavy (non-hydrogen) atoms. The predicted molar refractivity (Wildman–Crippen MR) is 84.4 cm³/mol. The number of piperazine rings is 1. The highest BCUT2D eigenvalue weighted by atomic mass is 16.5. The molecule has 1 saturated heterocycles. The summed E-state index contributed by atoms with van der Waals surface area (Å²) in [6, 6.07) is 3.42. The molecule has 0 spiro atoms. The van der Waals surface area contributed by atoms with Crippen LogP contribution in [0.2, 0.25) is 0 Å². The van der Waals surface area contributed by atoms with Crippen molar-refractivity contribution in [3.05, 3.63) is 17.7 Å². The molecule has 0 aliphatic carbocycles. The van der Waals surface area contributed by atoms with E-state index in [-0.39, 0.29) is 5.78 Å². The Bertz CT molecular complexity index is 500. The van der Waals surface area contributed by atoms with E-state index in [1.165, 1.54) is 0 Å². The quantitative estimate of drug-likeness (QED) is 0.735. The number of carbonyl (C=O) groups excluding carboxylic acids is 1. The summed E-state index contributed by atoms with van der Waals surface area (Å²) >= 11 is 0. The third-order valence-corrected chi connectivity index (χ3v) is 3.96. The smallest absolute Gasteiger partial charge is 0.184 e. The van der Waals surface area contributed by atoms with E-state index in [0.717, 1.165) is 26.2 Å². The first-order valence-electron chi connectivity index (χ1n) is 7.33. The molecule has 0 amide bonds. The van der Waals surface area contributed by atoms with E-state index in [9.17, 15) is 4.79 Å². The lowest BCUT2D eigenvalue weighted by Gasteiger charge is -2.32. The number of likely N-dealkylation sites (N-methyl/N-ethyl adjacent to an activating group) is 1. The third kappa shape index (κ3) is 3.69. The van der Waals surface area contributed by atoms with E-state index in [4.69, 9.17) is 14.2 Å². The largest absolute Gasteiger partial charge is 0.496 e. The molecule has 6 nitrogen and oxygen atoms in total. The molecule has 0 saturated carbocycles. The van der Waals surface area contributed by atoms with Gasteiger partial charge in [0.1, 0.15) is 22.8 Å². The number of carbonyl (C=O) groups is 1. The number of hydrogen-bond acceptors (Lipinski definition) is 6. The van der Waals surface area contributed by atoms with Crippen LogP contribution in [0.15, 0.2) is 12.1 Å². The van der Waals surface area contributed by atoms with Gasteiger partial charge in [-0.15, -0.1) is 0 Å². The van der Waals surface area contributed by atoms with Gasteiger partial charge in [0, 0.05) is 38.3 Å². The van der Waals surface area contributed by atoms with Crippen molar-refractivity contribution in [2.24, 2.45) is 0 Å². The van der Waals surface area contributed by atoms with E-state index in [1.807, 2.05) is 0 Å². The van der Waals surface area contributed by atoms with E-state index in [2.05, 4.69) is 16.8 Å². The summed E-state index contributed by atoms with van der Waals surface area (Å²) in [6.07, 6.45) is 0. The first-order chi connectivity index (χ1) is 10.6. The maximum absolute atomic E-state index is 12.7. The molecule has 1 aromatic carbocycles. The summed E-state index contributed by atoms with van der Waals surface area (Å²) in [6.45, 7) is 4.10. The molecule has 1 fully saturated rings. The van der Waals surface area contributed by atoms with Gasteiger partial charge in [-0.05, 0) is 7.05 Å². The summed E-state index contributed by atoms with van der Waals surface area (Å²) in [5.74, 6) is 1.57. The third-order valence-electron chi connectivity index (χ3n) is 3.96. The van der Waals surface area contributed by atoms with Crippen LogP contribution in [0.3, 0.4) is 0 Å². The average molecular weight is 308 g/mol. The van der Waals surface area contributed by atoms with Crippen LogP contribution in [0.25, 0.3) is 0 Å². The van der Waals surface area contributed by atoms with Gasteiger partial charge in [-0.2, -0.15) is 0 Å². The van der Waals surface area contributed by atoms with Gasteiger partial charge < -0.3 is 19.1 Å². The van der Waals surface area contributed by atoms with Crippen molar-refractivity contribution in [3.8, 4) is 17.2 Å². The molecule has 0 N–H and O–H groups in total. The highest BCUT2D eigenvalue weighted by Crippen LogP contribution is 2.34. The summed E-state index contributed by atoms with van der Waals surface area (Å²) in [5, 5.41) is 0. The van der Waals surface area contributed by atoms with Crippen LogP contribution in [-0.2, 0) is 0 Å². The fourth-order valence-corrected chi connectivity index (χ4v) is 2.57. The molecule has 6 heteroatoms. The van der Waals surface area contributed by atoms with Crippen LogP contribution in [0.5, 0.6) is 17.2 Å². The monoisotopic (exact) mass is 308 g/mol. The summed E-state index contributed by atoms with van der Waals surface area (Å²) in [7, 11) is 6.75. The van der Waals surface area contributed by atoms with Gasteiger partial charge in [0.05, 0.1) is 27.9 Å². The minimum Gasteiger partial charge on any atom is -0.496 e. The molecule has 0 radical (unpaired) electrons. The van der Waals surface area contributed by atoms with Crippen LogP contribution in [0, 0.1) is 0 Å². The minimum absolute atomic E-state index is 0.000839. The molecule has 0 atom stereocenters. The fraction of sp³-hybridized carbons (Fsp3) is 0.562. The molecular weight excluding hydrogens is 284 g/mol. The first kappa shape index (κ1) is 16.6. The van der Waals surface area contributed by atoms with Crippen LogP contribution in [-0.4, -0.2) is 76.7 Å². The second-order valence-electron chi connectivity index (χ2n) is 5.41. The summed E-state index contributed by atoms with van der Waals surface area (Å²) in [4.78, 5) is 17.1. The second kappa shape index (κ2) is 7.47. The Balaban J connectivity index is 2.20. The Morgan fingerprint density at radius 3 is 2.00 bits per heavy atom. The highest BCUT2D eigenvalue weighted by Gasteiger charge is 2.23. The maximum Gasteiger partial charge on any atom is 0.184 e. The van der Waals surface area contributed by atoms with Gasteiger partial charge in [-0.25, -0.2) is 0 Å². The molecule has 122 valence electrons. The van der Waals surface area contributed by atoms with Crippen molar-refractivity contribution in [3.63, 3.8) is 0 Å². The Morgan fingerprint density at radius 1 is 1.00 bits per heavy atom. The van der Waals surface area contributed by atoms with E-state index in [0.29, 0.717) is 29.4 Å². The molecule has 1 aliphatic rings. The average Bonchev–Trinajstić information content (AvgIpc) is 2.55. The number of methoxy groups -OCH3 is 3. The van der Waals surface area contributed by atoms with Gasteiger partial charge in [-0.3, -0.25) is 9.69 Å². The number of benzene rings is 1. The zero-order valence-electron chi connectivity index (χ0n) is 13.7. The molecule has 1 aromatic rings. The molecule has 2 rings (SSSR count). The topological polar surface area (TPSA) is 51.2 Å². The SMILES string of the molecule is COc1cc(OC)c(C(=O)CN2CCN(C)CC2)c(OC)c1. The van der Waals surface area contributed by atoms with Gasteiger partial charge in [0.2, 0.25) is 0 Å². The Labute approximate surface area is 131 Å². The zero-order valence-corrected chi connectivity index (χ0v) is 13.7. The van der Waals surface area contributed by atoms with Crippen molar-refractivity contribution in [1.82, 2.24) is 9.80 Å². The maximum atomic E-state index is 12.7. The van der Waals surface area contributed by atoms with Gasteiger partial charge in [0.15, 0.2) is 5.78 Å². The zero-order chi connectivity index (χ0) is 16.1. The number of ketones is 1. The molecule has 1 heterocycles. The molecule has 1 aliphatic heterocycles. The highest BCUT2D eigenvalue weighted by molar-refractivity contribution is 6.03. The van der Waals surface area contributed by atoms with E-state index in [1.54, 1.807) is 33.5 Å². The summed E-state index contributed by atoms with van der Waals surface area (Å²) in [5.41, 5.74) is 0.477. The Morgan fingerprint density at radius 2 is 1.55 bits per heavy atom. The lowest BCUT2D eigenvalue weighted by molar-refractivity contribution is 0.0870. The minimum atomic E-state index is 0.000839. The van der Waals surface area contributed by atoms with Crippen molar-refractivity contribution in [2.75, 3.05) is 61.1 Å². The lowest BCUT2D eigenvalue weighted by Crippen LogP contribution is -2.46. The number of nitrogens with zero attached hydrogens (tertiary/aromatic N) is 2. The Kier molecular flexibility index (Phi) is 5.63. The lowest BCUT2D eigenvalue weighted by atomic mass is 10.1. The summed E-state index contributed by atoms with van der Waals surface area (Å²) < 4.78 is 15.9. The molecular formula is C16H24N2O4. The Hall–Kier alpha value is -1.79. The van der Waals surface area contributed by atoms with Crippen LogP contribution in [0.4, 0.5) is 0 Å². The van der Waals surface area contributed by atoms with Crippen molar-refractivity contribution in [1.29, 1.82) is 0 Å². The van der Waals surface area contributed by atoms with E-state index < -0.39 is 0 Å². The number of Topliss-reactive ketones (excluding diaryl/α,β-unsaturated/α-hetero) is 1. The van der Waals surface area contributed by atoms with Gasteiger partial charge in [0.25, 0.3) is 0 Å². The van der Waals surface area contributed by atoms with Crippen LogP contribution in [0.1, 0.15) is 10.4 Å². The van der Waals surface area contributed by atoms with Gasteiger partial charge >= 0.3 is 0 Å². The molecule has 0 aromatic heterocycles. The number of rotatable bonds is 6. The van der Waals surface area contributed by atoms with Crippen LogP contribution >= 0.6 is 0 Å². The number of ether oxygens (including phenoxy) is 3. The number of hydrogen-bond donors (Lipinski definition) is 0.